The van der Waals surface area contributed by atoms with Gasteiger partial charge in [-0.05, 0) is 51.0 Å². The molecule has 0 spiro atoms. The summed E-state index contributed by atoms with van der Waals surface area (Å²) in [7, 11) is -5.99. The third-order valence-electron chi connectivity index (χ3n) is 9.00. The van der Waals surface area contributed by atoms with Crippen LogP contribution in [0.1, 0.15) is 31.1 Å². The molecule has 4 heterocycles. The molecule has 3 aliphatic heterocycles. The van der Waals surface area contributed by atoms with Gasteiger partial charge in [0.2, 0.25) is 0 Å². The van der Waals surface area contributed by atoms with Crippen molar-refractivity contribution < 1.29 is 18.3 Å². The summed E-state index contributed by atoms with van der Waals surface area (Å²) in [5, 5.41) is 2.78. The number of hydrogen-bond acceptors (Lipinski definition) is 7. The maximum atomic E-state index is 12.7. The summed E-state index contributed by atoms with van der Waals surface area (Å²) < 4.78 is 36.4. The molecular formula is C32H41N3O6P2Si. The molecule has 6 atom stereocenters. The molecule has 0 bridgehead atoms. The number of nitrogens with one attached hydrogen (secondary N) is 1. The summed E-state index contributed by atoms with van der Waals surface area (Å²) in [6.45, 7) is 8.41. The van der Waals surface area contributed by atoms with Gasteiger partial charge in [0.15, 0.2) is 0 Å². The molecule has 0 radical (unpaired) electrons. The van der Waals surface area contributed by atoms with Gasteiger partial charge in [0.25, 0.3) is 14.1 Å². The van der Waals surface area contributed by atoms with Crippen LogP contribution in [0.4, 0.5) is 0 Å². The number of hydrogen-bond donors (Lipinski definition) is 1. The van der Waals surface area contributed by atoms with Gasteiger partial charge in [0.05, 0.1) is 12.2 Å². The van der Waals surface area contributed by atoms with Gasteiger partial charge in [0.1, 0.15) is 27.5 Å². The van der Waals surface area contributed by atoms with Crippen LogP contribution in [0.15, 0.2) is 88.3 Å². The largest absolute Gasteiger partial charge is 0.348 e. The minimum absolute atomic E-state index is 0.0313. The standard InChI is InChI=1S/C32H41N3O6P2Si/c1-23-21-34(32(37)33-31(23)36)30-20-28(27(39-30)17-19-43(2,3)38)40-42-35-18-11-16-26(35)29(41-42)22-44(4,24-12-7-5-8-13-24)25-14-9-6-10-15-25/h5-10,12-15,17,19,21,26-30H,11,16,18,20,22H2,1-4H3,(H,33,36,37)/b19-17+/t26-,27+,28?,29+,30+,42?/m0/s1. The number of H-pyrrole nitrogens is 1. The van der Waals surface area contributed by atoms with Crippen molar-refractivity contribution in [1.29, 1.82) is 0 Å². The first-order valence-electron chi connectivity index (χ1n) is 15.2. The molecule has 9 nitrogen and oxygen atoms in total. The second-order valence-electron chi connectivity index (χ2n) is 12.7. The van der Waals surface area contributed by atoms with Crippen molar-refractivity contribution in [2.45, 2.75) is 69.4 Å². The van der Waals surface area contributed by atoms with Crippen molar-refractivity contribution in [3.8, 4) is 0 Å². The fourth-order valence-corrected chi connectivity index (χ4v) is 13.1. The summed E-state index contributed by atoms with van der Waals surface area (Å²) in [5.41, 5.74) is -0.521. The van der Waals surface area contributed by atoms with Crippen LogP contribution < -0.4 is 21.6 Å². The van der Waals surface area contributed by atoms with E-state index in [0.29, 0.717) is 12.0 Å². The van der Waals surface area contributed by atoms with E-state index in [0.717, 1.165) is 25.4 Å². The van der Waals surface area contributed by atoms with E-state index in [4.69, 9.17) is 13.8 Å². The minimum atomic E-state index is -2.47. The van der Waals surface area contributed by atoms with Crippen molar-refractivity contribution in [3.63, 3.8) is 0 Å². The Kier molecular flexibility index (Phi) is 9.15. The van der Waals surface area contributed by atoms with Crippen molar-refractivity contribution >= 4 is 34.1 Å². The van der Waals surface area contributed by atoms with E-state index in [-0.39, 0.29) is 12.1 Å². The third kappa shape index (κ3) is 6.58. The molecule has 3 aliphatic rings. The molecule has 3 aromatic rings. The normalized spacial score (nSPS) is 27.7. The van der Waals surface area contributed by atoms with Crippen molar-refractivity contribution in [3.05, 3.63) is 105 Å². The summed E-state index contributed by atoms with van der Waals surface area (Å²) in [5.74, 6) is 1.69. The number of aromatic nitrogens is 2. The molecule has 3 fully saturated rings. The van der Waals surface area contributed by atoms with Gasteiger partial charge >= 0.3 is 5.69 Å². The average molecular weight is 654 g/mol. The van der Waals surface area contributed by atoms with Gasteiger partial charge in [-0.15, -0.1) is 0 Å². The molecule has 0 amide bonds. The number of benzene rings is 2. The highest BCUT2D eigenvalue weighted by Gasteiger charge is 2.51. The van der Waals surface area contributed by atoms with Crippen molar-refractivity contribution in [2.24, 2.45) is 0 Å². The fraction of sp³-hybridized carbons (Fsp3) is 0.438. The first-order valence-corrected chi connectivity index (χ1v) is 21.8. The Morgan fingerprint density at radius 2 is 1.75 bits per heavy atom. The second-order valence-corrected chi connectivity index (χ2v) is 21.5. The topological polar surface area (TPSA) is 103 Å². The highest BCUT2D eigenvalue weighted by Crippen LogP contribution is 2.59. The van der Waals surface area contributed by atoms with Gasteiger partial charge in [0, 0.05) is 30.8 Å². The monoisotopic (exact) mass is 653 g/mol. The van der Waals surface area contributed by atoms with Crippen LogP contribution in [0.5, 0.6) is 0 Å². The summed E-state index contributed by atoms with van der Waals surface area (Å²) >= 11 is 0. The highest BCUT2D eigenvalue weighted by molar-refractivity contribution is 7.65. The van der Waals surface area contributed by atoms with Gasteiger partial charge in [-0.1, -0.05) is 77.6 Å². The Balaban J connectivity index is 1.26. The Bertz CT molecular complexity index is 1620. The van der Waals surface area contributed by atoms with Crippen LogP contribution in [0.25, 0.3) is 0 Å². The molecule has 0 aliphatic carbocycles. The van der Waals surface area contributed by atoms with E-state index >= 15 is 0 Å². The zero-order valence-corrected chi connectivity index (χ0v) is 28.5. The molecule has 0 saturated carbocycles. The van der Waals surface area contributed by atoms with Crippen molar-refractivity contribution in [1.82, 2.24) is 14.2 Å². The van der Waals surface area contributed by atoms with E-state index in [9.17, 15) is 14.2 Å². The van der Waals surface area contributed by atoms with Crippen LogP contribution in [-0.4, -0.2) is 66.5 Å². The lowest BCUT2D eigenvalue weighted by Gasteiger charge is -2.32. The van der Waals surface area contributed by atoms with Crippen LogP contribution in [0.2, 0.25) is 12.6 Å². The van der Waals surface area contributed by atoms with E-state index in [2.05, 4.69) is 76.9 Å². The first-order chi connectivity index (χ1) is 21.0. The molecule has 44 heavy (non-hydrogen) atoms. The fourth-order valence-electron chi connectivity index (χ4n) is 6.60. The Morgan fingerprint density at radius 3 is 2.39 bits per heavy atom. The lowest BCUT2D eigenvalue weighted by atomic mass is 10.1. The van der Waals surface area contributed by atoms with E-state index in [1.54, 1.807) is 32.1 Å². The zero-order valence-electron chi connectivity index (χ0n) is 25.7. The maximum absolute atomic E-state index is 12.7. The maximum Gasteiger partial charge on any atom is 0.330 e. The lowest BCUT2D eigenvalue weighted by Crippen LogP contribution is -2.58. The van der Waals surface area contributed by atoms with Crippen molar-refractivity contribution in [2.75, 3.05) is 19.9 Å². The SMILES string of the molecule is Cc1cn([C@H]2CC(OP3O[C@H](C[Si](C)(c4ccccc4)c4ccccc4)[C@@H]4CCCN43)[C@@H](/C=C/P(C)(C)=O)O2)c(=O)[nH]c1=O. The summed E-state index contributed by atoms with van der Waals surface area (Å²) in [6.07, 6.45) is 4.33. The molecule has 12 heteroatoms. The Hall–Kier alpha value is -2.42. The summed E-state index contributed by atoms with van der Waals surface area (Å²) in [6, 6.07) is 22.9. The minimum Gasteiger partial charge on any atom is -0.348 e. The molecule has 2 unspecified atom stereocenters. The average Bonchev–Trinajstić information content (AvgIpc) is 3.72. The van der Waals surface area contributed by atoms with Crippen LogP contribution in [0.3, 0.4) is 0 Å². The van der Waals surface area contributed by atoms with Gasteiger partial charge in [-0.25, -0.2) is 9.46 Å². The number of aryl methyl sites for hydroxylation is 1. The Morgan fingerprint density at radius 1 is 1.09 bits per heavy atom. The number of nitrogens with zero attached hydrogens (tertiary/aromatic N) is 2. The van der Waals surface area contributed by atoms with Crippen LogP contribution >= 0.6 is 15.7 Å². The number of rotatable bonds is 9. The van der Waals surface area contributed by atoms with Crippen LogP contribution in [-0.2, 0) is 18.3 Å². The Labute approximate surface area is 260 Å². The molecule has 234 valence electrons. The predicted molar refractivity (Wildman–Crippen MR) is 178 cm³/mol. The molecule has 1 N–H and O–H groups in total. The molecular weight excluding hydrogens is 612 g/mol. The zero-order chi connectivity index (χ0) is 31.1. The first kappa shape index (κ1) is 31.6. The molecule has 1 aromatic heterocycles. The smallest absolute Gasteiger partial charge is 0.330 e. The quantitative estimate of drug-likeness (QED) is 0.265. The predicted octanol–water partition coefficient (Wildman–Crippen LogP) is 4.64. The third-order valence-corrected chi connectivity index (χ3v) is 16.1. The lowest BCUT2D eigenvalue weighted by molar-refractivity contribution is 0.00711. The summed E-state index contributed by atoms with van der Waals surface area (Å²) in [4.78, 5) is 27.1. The number of fused-ring (bicyclic) bond motifs is 1. The van der Waals surface area contributed by atoms with Crippen LogP contribution in [0, 0.1) is 6.92 Å². The van der Waals surface area contributed by atoms with Gasteiger partial charge in [-0.2, -0.15) is 0 Å². The number of aromatic amines is 1. The highest BCUT2D eigenvalue weighted by atomic mass is 31.2. The second kappa shape index (κ2) is 12.8. The van der Waals surface area contributed by atoms with E-state index < -0.39 is 53.4 Å². The van der Waals surface area contributed by atoms with E-state index in [1.165, 1.54) is 21.1 Å². The molecule has 3 saturated heterocycles. The number of ether oxygens (including phenoxy) is 1. The van der Waals surface area contributed by atoms with Gasteiger partial charge in [-0.3, -0.25) is 14.3 Å². The molecule has 6 rings (SSSR count). The molecule has 2 aromatic carbocycles. The van der Waals surface area contributed by atoms with E-state index in [1.807, 2.05) is 0 Å². The van der Waals surface area contributed by atoms with Gasteiger partial charge < -0.3 is 18.3 Å².